The van der Waals surface area contributed by atoms with Crippen LogP contribution in [0.5, 0.6) is 11.5 Å². The Morgan fingerprint density at radius 3 is 2.35 bits per heavy atom. The minimum atomic E-state index is -0.466. The normalized spacial score (nSPS) is 18.0. The van der Waals surface area contributed by atoms with Crippen molar-refractivity contribution in [3.05, 3.63) is 62.6 Å². The number of hydrogen-bond donors (Lipinski definition) is 0. The van der Waals surface area contributed by atoms with Crippen molar-refractivity contribution in [2.75, 3.05) is 14.2 Å². The second-order valence-electron chi connectivity index (χ2n) is 8.40. The molecule has 2 aromatic carbocycles. The highest BCUT2D eigenvalue weighted by atomic mass is 16.6. The molecule has 1 fully saturated rings. The summed E-state index contributed by atoms with van der Waals surface area (Å²) < 4.78 is 19.3. The summed E-state index contributed by atoms with van der Waals surface area (Å²) in [4.78, 5) is 35.9. The number of methoxy groups -OCH3 is 2. The summed E-state index contributed by atoms with van der Waals surface area (Å²) in [5, 5.41) is 11.4. The monoisotopic (exact) mass is 469 g/mol. The van der Waals surface area contributed by atoms with Gasteiger partial charge in [0.05, 0.1) is 36.7 Å². The van der Waals surface area contributed by atoms with Crippen molar-refractivity contribution in [2.45, 2.75) is 51.3 Å². The van der Waals surface area contributed by atoms with Crippen LogP contribution in [-0.2, 0) is 16.1 Å². The summed E-state index contributed by atoms with van der Waals surface area (Å²) in [6, 6.07) is 9.79. The Hall–Kier alpha value is -3.82. The second-order valence-corrected chi connectivity index (χ2v) is 8.40. The number of fused-ring (bicyclic) bond motifs is 1. The zero-order valence-electron chi connectivity index (χ0n) is 19.4. The first kappa shape index (κ1) is 23.3. The third-order valence-electron chi connectivity index (χ3n) is 6.29. The van der Waals surface area contributed by atoms with Gasteiger partial charge in [-0.05, 0) is 49.4 Å². The molecule has 10 heteroatoms. The highest BCUT2D eigenvalue weighted by Crippen LogP contribution is 2.33. The Balaban J connectivity index is 1.75. The molecule has 0 atom stereocenters. The van der Waals surface area contributed by atoms with Crippen LogP contribution < -0.4 is 15.2 Å². The first-order valence-electron chi connectivity index (χ1n) is 11.1. The Morgan fingerprint density at radius 1 is 1.03 bits per heavy atom. The van der Waals surface area contributed by atoms with Crippen molar-refractivity contribution < 1.29 is 23.9 Å². The van der Waals surface area contributed by atoms with Gasteiger partial charge in [0.1, 0.15) is 6.10 Å². The van der Waals surface area contributed by atoms with Gasteiger partial charge in [0.15, 0.2) is 11.5 Å². The summed E-state index contributed by atoms with van der Waals surface area (Å²) in [6.45, 7) is 1.61. The molecule has 3 aromatic rings. The Labute approximate surface area is 195 Å². The predicted molar refractivity (Wildman–Crippen MR) is 125 cm³/mol. The highest BCUT2D eigenvalue weighted by molar-refractivity contribution is 5.79. The van der Waals surface area contributed by atoms with E-state index in [0.717, 1.165) is 5.56 Å². The Kier molecular flexibility index (Phi) is 6.58. The zero-order chi connectivity index (χ0) is 24.4. The molecule has 0 bridgehead atoms. The lowest BCUT2D eigenvalue weighted by Crippen LogP contribution is -2.32. The number of nitro groups is 1. The number of esters is 1. The first-order valence-corrected chi connectivity index (χ1v) is 11.1. The highest BCUT2D eigenvalue weighted by Gasteiger charge is 2.28. The molecule has 0 amide bonds. The van der Waals surface area contributed by atoms with Gasteiger partial charge in [-0.15, -0.1) is 0 Å². The molecule has 1 aliphatic carbocycles. The molecule has 34 heavy (non-hydrogen) atoms. The molecule has 0 saturated heterocycles. The molecule has 1 saturated carbocycles. The van der Waals surface area contributed by atoms with Gasteiger partial charge in [-0.25, -0.2) is 4.79 Å². The van der Waals surface area contributed by atoms with E-state index in [4.69, 9.17) is 14.2 Å². The molecule has 180 valence electrons. The molecule has 4 rings (SSSR count). The zero-order valence-corrected chi connectivity index (χ0v) is 19.4. The van der Waals surface area contributed by atoms with E-state index >= 15 is 0 Å². The average molecular weight is 469 g/mol. The van der Waals surface area contributed by atoms with Crippen molar-refractivity contribution in [1.82, 2.24) is 9.13 Å². The number of rotatable bonds is 7. The Bertz CT molecular complexity index is 1290. The fraction of sp³-hybridized carbons (Fsp3) is 0.417. The van der Waals surface area contributed by atoms with Crippen molar-refractivity contribution in [1.29, 1.82) is 0 Å². The standard InChI is InChI=1S/C24H27N3O7/c1-15(28)34-19-8-5-17(6-9-19)26-20-10-7-18(27(30)31)13-21(20)25(24(26)29)14-16-4-11-22(32-2)23(12-16)33-3/h4,7,10-13,17,19H,5-6,8-9,14H2,1-3H3/t17-,19-. The first-order chi connectivity index (χ1) is 16.3. The van der Waals surface area contributed by atoms with Crippen molar-refractivity contribution >= 4 is 22.7 Å². The topological polar surface area (TPSA) is 115 Å². The number of carbonyl (C=O) groups excluding carboxylic acids is 1. The molecule has 10 nitrogen and oxygen atoms in total. The molecular formula is C24H27N3O7. The van der Waals surface area contributed by atoms with Gasteiger partial charge in [0.25, 0.3) is 5.69 Å². The number of hydrogen-bond acceptors (Lipinski definition) is 7. The summed E-state index contributed by atoms with van der Waals surface area (Å²) >= 11 is 0. The molecular weight excluding hydrogens is 442 g/mol. The SMILES string of the molecule is COc1ccc(Cn2c(=O)n([C@H]3CC[C@H](OC(C)=O)CC3)c3ccc([N+](=O)[O-])cc32)cc1OC. The van der Waals surface area contributed by atoms with Crippen LogP contribution in [0.15, 0.2) is 41.2 Å². The third-order valence-corrected chi connectivity index (χ3v) is 6.29. The van der Waals surface area contributed by atoms with Crippen molar-refractivity contribution in [3.63, 3.8) is 0 Å². The van der Waals surface area contributed by atoms with E-state index in [-0.39, 0.29) is 36.0 Å². The molecule has 0 aliphatic heterocycles. The van der Waals surface area contributed by atoms with E-state index in [0.29, 0.717) is 48.2 Å². The number of aromatic nitrogens is 2. The summed E-state index contributed by atoms with van der Waals surface area (Å²) in [7, 11) is 3.08. The number of ether oxygens (including phenoxy) is 3. The van der Waals surface area contributed by atoms with E-state index in [1.54, 1.807) is 34.4 Å². The van der Waals surface area contributed by atoms with Crippen LogP contribution in [0.25, 0.3) is 11.0 Å². The van der Waals surface area contributed by atoms with E-state index < -0.39 is 4.92 Å². The maximum absolute atomic E-state index is 13.6. The predicted octanol–water partition coefficient (Wildman–Crippen LogP) is 3.82. The van der Waals surface area contributed by atoms with Crippen LogP contribution in [0.3, 0.4) is 0 Å². The van der Waals surface area contributed by atoms with Gasteiger partial charge < -0.3 is 14.2 Å². The van der Waals surface area contributed by atoms with Crippen molar-refractivity contribution in [3.8, 4) is 11.5 Å². The van der Waals surface area contributed by atoms with Gasteiger partial charge in [-0.3, -0.25) is 24.0 Å². The quantitative estimate of drug-likeness (QED) is 0.293. The molecule has 0 spiro atoms. The largest absolute Gasteiger partial charge is 0.493 e. The number of non-ortho nitro benzene ring substituents is 1. The lowest BCUT2D eigenvalue weighted by molar-refractivity contribution is -0.384. The molecule has 1 heterocycles. The van der Waals surface area contributed by atoms with Gasteiger partial charge in [-0.2, -0.15) is 0 Å². The van der Waals surface area contributed by atoms with Gasteiger partial charge in [0.2, 0.25) is 0 Å². The van der Waals surface area contributed by atoms with Crippen LogP contribution in [-0.4, -0.2) is 40.4 Å². The number of imidazole rings is 1. The lowest BCUT2D eigenvalue weighted by Gasteiger charge is -2.28. The van der Waals surface area contributed by atoms with E-state index in [1.165, 1.54) is 26.2 Å². The van der Waals surface area contributed by atoms with Crippen LogP contribution in [0.4, 0.5) is 5.69 Å². The molecule has 1 aliphatic rings. The van der Waals surface area contributed by atoms with E-state index in [9.17, 15) is 19.7 Å². The van der Waals surface area contributed by atoms with Crippen LogP contribution in [0.1, 0.15) is 44.2 Å². The summed E-state index contributed by atoms with van der Waals surface area (Å²) in [5.41, 5.74) is 1.62. The van der Waals surface area contributed by atoms with E-state index in [2.05, 4.69) is 0 Å². The van der Waals surface area contributed by atoms with Gasteiger partial charge in [0, 0.05) is 25.1 Å². The molecule has 1 aromatic heterocycles. The van der Waals surface area contributed by atoms with Crippen LogP contribution in [0, 0.1) is 10.1 Å². The molecule has 0 unspecified atom stereocenters. The number of benzene rings is 2. The van der Waals surface area contributed by atoms with E-state index in [1.807, 2.05) is 6.07 Å². The molecule has 0 N–H and O–H groups in total. The fourth-order valence-electron chi connectivity index (χ4n) is 4.70. The summed E-state index contributed by atoms with van der Waals surface area (Å²) in [6.07, 6.45) is 2.51. The summed E-state index contributed by atoms with van der Waals surface area (Å²) in [5.74, 6) is 0.798. The van der Waals surface area contributed by atoms with Gasteiger partial charge >= 0.3 is 11.7 Å². The smallest absolute Gasteiger partial charge is 0.329 e. The maximum Gasteiger partial charge on any atom is 0.329 e. The maximum atomic E-state index is 13.6. The lowest BCUT2D eigenvalue weighted by atomic mass is 9.92. The Morgan fingerprint density at radius 2 is 1.74 bits per heavy atom. The fourth-order valence-corrected chi connectivity index (χ4v) is 4.70. The average Bonchev–Trinajstić information content (AvgIpc) is 3.09. The van der Waals surface area contributed by atoms with Crippen LogP contribution in [0.2, 0.25) is 0 Å². The minimum Gasteiger partial charge on any atom is -0.493 e. The number of nitro benzene ring substituents is 1. The third kappa shape index (κ3) is 4.48. The van der Waals surface area contributed by atoms with Gasteiger partial charge in [-0.1, -0.05) is 6.07 Å². The minimum absolute atomic E-state index is 0.0794. The number of nitrogens with zero attached hydrogens (tertiary/aromatic N) is 3. The second kappa shape index (κ2) is 9.58. The number of carbonyl (C=O) groups is 1. The van der Waals surface area contributed by atoms with Crippen molar-refractivity contribution in [2.24, 2.45) is 0 Å². The molecule has 0 radical (unpaired) electrons. The van der Waals surface area contributed by atoms with Crippen LogP contribution >= 0.6 is 0 Å².